The molecule has 0 bridgehead atoms. The van der Waals surface area contributed by atoms with Crippen molar-refractivity contribution in [3.63, 3.8) is 0 Å². The third-order valence-electron chi connectivity index (χ3n) is 2.59. The Morgan fingerprint density at radius 2 is 2.16 bits per heavy atom. The van der Waals surface area contributed by atoms with Crippen LogP contribution in [-0.2, 0) is 9.59 Å². The summed E-state index contributed by atoms with van der Waals surface area (Å²) in [4.78, 5) is 35.7. The summed E-state index contributed by atoms with van der Waals surface area (Å²) < 4.78 is 5.12. The smallest absolute Gasteiger partial charge is 0.323 e. The van der Waals surface area contributed by atoms with Gasteiger partial charge in [0.05, 0.1) is 13.0 Å². The molecule has 9 nitrogen and oxygen atoms in total. The molecule has 1 aliphatic rings. The van der Waals surface area contributed by atoms with Crippen molar-refractivity contribution in [2.45, 2.75) is 19.4 Å². The van der Waals surface area contributed by atoms with E-state index in [0.29, 0.717) is 6.61 Å². The standard InChI is InChI=1S/C10H14N6O3/c1-3-19-10-14-8(11)13-9(15-10)12-5-4-6(17)16(2)7(5)18/h5H,3-4H2,1-2H3,(H3,11,12,13,14,15). The van der Waals surface area contributed by atoms with Crippen molar-refractivity contribution in [2.24, 2.45) is 0 Å². The number of nitrogens with one attached hydrogen (secondary N) is 1. The molecule has 1 fully saturated rings. The van der Waals surface area contributed by atoms with E-state index in [2.05, 4.69) is 20.3 Å². The van der Waals surface area contributed by atoms with Crippen LogP contribution in [-0.4, -0.2) is 51.4 Å². The van der Waals surface area contributed by atoms with Gasteiger partial charge in [0.1, 0.15) is 6.04 Å². The van der Waals surface area contributed by atoms with Gasteiger partial charge in [-0.2, -0.15) is 15.0 Å². The first kappa shape index (κ1) is 13.0. The molecule has 2 rings (SSSR count). The molecule has 0 spiro atoms. The zero-order chi connectivity index (χ0) is 14.0. The van der Waals surface area contributed by atoms with Crippen LogP contribution >= 0.6 is 0 Å². The minimum atomic E-state index is -0.686. The van der Waals surface area contributed by atoms with Crippen LogP contribution in [0.25, 0.3) is 0 Å². The summed E-state index contributed by atoms with van der Waals surface area (Å²) in [6, 6.07) is -0.614. The zero-order valence-corrected chi connectivity index (χ0v) is 10.6. The largest absolute Gasteiger partial charge is 0.464 e. The number of carbonyl (C=O) groups is 2. The van der Waals surface area contributed by atoms with E-state index in [4.69, 9.17) is 10.5 Å². The third kappa shape index (κ3) is 2.69. The number of carbonyl (C=O) groups excluding carboxylic acids is 2. The number of hydrogen-bond donors (Lipinski definition) is 2. The summed E-state index contributed by atoms with van der Waals surface area (Å²) in [5.74, 6) is -0.500. The topological polar surface area (TPSA) is 123 Å². The summed E-state index contributed by atoms with van der Waals surface area (Å²) in [6.07, 6.45) is 0.0604. The Morgan fingerprint density at radius 3 is 2.74 bits per heavy atom. The van der Waals surface area contributed by atoms with Gasteiger partial charge in [-0.25, -0.2) is 0 Å². The Morgan fingerprint density at radius 1 is 1.42 bits per heavy atom. The molecule has 1 atom stereocenters. The molecule has 1 aromatic heterocycles. The molecule has 2 heterocycles. The van der Waals surface area contributed by atoms with E-state index in [1.165, 1.54) is 7.05 Å². The number of amides is 2. The SMILES string of the molecule is CCOc1nc(N)nc(NC2CC(=O)N(C)C2=O)n1. The number of nitrogens with two attached hydrogens (primary N) is 1. The maximum absolute atomic E-state index is 11.7. The Labute approximate surface area is 109 Å². The number of ether oxygens (including phenoxy) is 1. The van der Waals surface area contributed by atoms with Crippen molar-refractivity contribution in [3.05, 3.63) is 0 Å². The van der Waals surface area contributed by atoms with Crippen molar-refractivity contribution in [3.8, 4) is 6.01 Å². The lowest BCUT2D eigenvalue weighted by molar-refractivity contribution is -0.136. The van der Waals surface area contributed by atoms with Crippen LogP contribution in [0.15, 0.2) is 0 Å². The van der Waals surface area contributed by atoms with Crippen molar-refractivity contribution in [1.29, 1.82) is 0 Å². The summed E-state index contributed by atoms with van der Waals surface area (Å²) in [5, 5.41) is 2.76. The molecular weight excluding hydrogens is 252 g/mol. The maximum atomic E-state index is 11.7. The highest BCUT2D eigenvalue weighted by Crippen LogP contribution is 2.16. The average molecular weight is 266 g/mol. The summed E-state index contributed by atoms with van der Waals surface area (Å²) >= 11 is 0. The van der Waals surface area contributed by atoms with Crippen molar-refractivity contribution < 1.29 is 14.3 Å². The first-order valence-corrected chi connectivity index (χ1v) is 5.72. The Balaban J connectivity index is 2.15. The number of nitrogens with zero attached hydrogens (tertiary/aromatic N) is 4. The van der Waals surface area contributed by atoms with E-state index < -0.39 is 6.04 Å². The lowest BCUT2D eigenvalue weighted by Crippen LogP contribution is -2.32. The van der Waals surface area contributed by atoms with Crippen molar-refractivity contribution in [1.82, 2.24) is 19.9 Å². The first-order chi connectivity index (χ1) is 9.01. The lowest BCUT2D eigenvalue weighted by Gasteiger charge is -2.11. The first-order valence-electron chi connectivity index (χ1n) is 5.72. The predicted octanol–water partition coefficient (Wildman–Crippen LogP) is -0.978. The van der Waals surface area contributed by atoms with Crippen LogP contribution in [0, 0.1) is 0 Å². The van der Waals surface area contributed by atoms with E-state index in [1.54, 1.807) is 6.92 Å². The van der Waals surface area contributed by atoms with Crippen LogP contribution in [0.4, 0.5) is 11.9 Å². The van der Waals surface area contributed by atoms with E-state index in [0.717, 1.165) is 4.90 Å². The van der Waals surface area contributed by atoms with Crippen LogP contribution < -0.4 is 15.8 Å². The number of likely N-dealkylation sites (N-methyl/N-ethyl adjacent to an activating group) is 1. The van der Waals surface area contributed by atoms with Crippen LogP contribution in [0.3, 0.4) is 0 Å². The highest BCUT2D eigenvalue weighted by atomic mass is 16.5. The number of anilines is 2. The molecule has 0 radical (unpaired) electrons. The molecule has 1 aliphatic heterocycles. The van der Waals surface area contributed by atoms with Crippen LogP contribution in [0.1, 0.15) is 13.3 Å². The van der Waals surface area contributed by atoms with Crippen LogP contribution in [0.5, 0.6) is 6.01 Å². The molecule has 9 heteroatoms. The quantitative estimate of drug-likeness (QED) is 0.666. The Hall–Kier alpha value is -2.45. The molecule has 1 aromatic rings. The lowest BCUT2D eigenvalue weighted by atomic mass is 10.2. The summed E-state index contributed by atoms with van der Waals surface area (Å²) in [7, 11) is 1.43. The zero-order valence-electron chi connectivity index (χ0n) is 10.6. The van der Waals surface area contributed by atoms with Gasteiger partial charge in [0.2, 0.25) is 17.8 Å². The molecular formula is C10H14N6O3. The van der Waals surface area contributed by atoms with Gasteiger partial charge in [-0.3, -0.25) is 14.5 Å². The fourth-order valence-corrected chi connectivity index (χ4v) is 1.65. The Kier molecular flexibility index (Phi) is 3.45. The van der Waals surface area contributed by atoms with Crippen molar-refractivity contribution in [2.75, 3.05) is 24.7 Å². The number of hydrogen-bond acceptors (Lipinski definition) is 8. The number of likely N-dealkylation sites (tertiary alicyclic amines) is 1. The van der Waals surface area contributed by atoms with Gasteiger partial charge in [0, 0.05) is 7.05 Å². The van der Waals surface area contributed by atoms with Gasteiger partial charge in [0.15, 0.2) is 0 Å². The number of imide groups is 1. The van der Waals surface area contributed by atoms with E-state index in [9.17, 15) is 9.59 Å². The van der Waals surface area contributed by atoms with Crippen molar-refractivity contribution >= 4 is 23.7 Å². The highest BCUT2D eigenvalue weighted by molar-refractivity contribution is 6.06. The van der Waals surface area contributed by atoms with Gasteiger partial charge in [-0.15, -0.1) is 0 Å². The predicted molar refractivity (Wildman–Crippen MR) is 65.2 cm³/mol. The van der Waals surface area contributed by atoms with Gasteiger partial charge in [0.25, 0.3) is 5.91 Å². The molecule has 1 unspecified atom stereocenters. The highest BCUT2D eigenvalue weighted by Gasteiger charge is 2.36. The number of rotatable bonds is 4. The molecule has 0 aliphatic carbocycles. The minimum Gasteiger partial charge on any atom is -0.464 e. The molecule has 1 saturated heterocycles. The average Bonchev–Trinajstić information content (AvgIpc) is 2.57. The summed E-state index contributed by atoms with van der Waals surface area (Å²) in [5.41, 5.74) is 5.51. The monoisotopic (exact) mass is 266 g/mol. The minimum absolute atomic E-state index is 0.0222. The number of nitrogen functional groups attached to an aromatic ring is 1. The van der Waals surface area contributed by atoms with Gasteiger partial charge < -0.3 is 15.8 Å². The van der Waals surface area contributed by atoms with Gasteiger partial charge >= 0.3 is 6.01 Å². The third-order valence-corrected chi connectivity index (χ3v) is 2.59. The van der Waals surface area contributed by atoms with E-state index in [1.807, 2.05) is 0 Å². The van der Waals surface area contributed by atoms with Gasteiger partial charge in [-0.1, -0.05) is 0 Å². The molecule has 0 aromatic carbocycles. The maximum Gasteiger partial charge on any atom is 0.323 e. The fraction of sp³-hybridized carbons (Fsp3) is 0.500. The second-order valence-corrected chi connectivity index (χ2v) is 3.92. The van der Waals surface area contributed by atoms with Gasteiger partial charge in [-0.05, 0) is 6.92 Å². The van der Waals surface area contributed by atoms with E-state index >= 15 is 0 Å². The second-order valence-electron chi connectivity index (χ2n) is 3.92. The van der Waals surface area contributed by atoms with E-state index in [-0.39, 0.29) is 36.1 Å². The van der Waals surface area contributed by atoms with Crippen LogP contribution in [0.2, 0.25) is 0 Å². The molecule has 2 amide bonds. The normalized spacial score (nSPS) is 18.8. The summed E-state index contributed by atoms with van der Waals surface area (Å²) in [6.45, 7) is 2.16. The number of aromatic nitrogens is 3. The molecule has 0 saturated carbocycles. The molecule has 3 N–H and O–H groups in total. The Bertz CT molecular complexity index is 520. The molecule has 19 heavy (non-hydrogen) atoms. The fourth-order valence-electron chi connectivity index (χ4n) is 1.65. The molecule has 102 valence electrons. The second kappa shape index (κ2) is 5.04.